The fourth-order valence-corrected chi connectivity index (χ4v) is 5.11. The molecular weight excluding hydrogens is 548 g/mol. The first-order valence-corrected chi connectivity index (χ1v) is 15.9. The van der Waals surface area contributed by atoms with E-state index in [9.17, 15) is 4.79 Å². The monoisotopic (exact) mass is 596 g/mol. The van der Waals surface area contributed by atoms with Crippen molar-refractivity contribution in [3.05, 3.63) is 137 Å². The number of benzene rings is 4. The molecule has 0 spiro atoms. The van der Waals surface area contributed by atoms with Gasteiger partial charge in [-0.25, -0.2) is 0 Å². The SMILES string of the molecule is CC.CC.COc1ccc(Cc2ccccc2C(=O)[C@H]2CC(OCc3ccccc3)CC(COCc3ccccc3)O2)cc1. The van der Waals surface area contributed by atoms with Gasteiger partial charge in [-0.15, -0.1) is 0 Å². The van der Waals surface area contributed by atoms with Gasteiger partial charge in [-0.1, -0.05) is 125 Å². The Morgan fingerprint density at radius 3 is 1.93 bits per heavy atom. The molecule has 1 aliphatic rings. The number of ether oxygens (including phenoxy) is 4. The minimum atomic E-state index is -0.600. The first-order chi connectivity index (χ1) is 21.7. The highest BCUT2D eigenvalue weighted by Crippen LogP contribution is 2.28. The molecule has 0 amide bonds. The molecule has 0 saturated carbocycles. The van der Waals surface area contributed by atoms with Gasteiger partial charge in [0.25, 0.3) is 0 Å². The molecule has 0 bridgehead atoms. The summed E-state index contributed by atoms with van der Waals surface area (Å²) >= 11 is 0. The van der Waals surface area contributed by atoms with Gasteiger partial charge < -0.3 is 18.9 Å². The summed E-state index contributed by atoms with van der Waals surface area (Å²) in [5.41, 5.74) is 5.00. The molecule has 1 heterocycles. The Hall–Kier alpha value is -3.77. The lowest BCUT2D eigenvalue weighted by atomic mass is 9.91. The number of methoxy groups -OCH3 is 1. The molecule has 1 saturated heterocycles. The van der Waals surface area contributed by atoms with Gasteiger partial charge in [0.1, 0.15) is 11.9 Å². The van der Waals surface area contributed by atoms with Crippen LogP contribution in [0.3, 0.4) is 0 Å². The predicted octanol–water partition coefficient (Wildman–Crippen LogP) is 8.87. The molecule has 1 aliphatic heterocycles. The molecule has 3 atom stereocenters. The van der Waals surface area contributed by atoms with Gasteiger partial charge in [-0.2, -0.15) is 0 Å². The second-order valence-electron chi connectivity index (χ2n) is 10.2. The van der Waals surface area contributed by atoms with Crippen LogP contribution in [0.25, 0.3) is 0 Å². The van der Waals surface area contributed by atoms with Gasteiger partial charge in [0.15, 0.2) is 5.78 Å². The van der Waals surface area contributed by atoms with Crippen molar-refractivity contribution in [2.75, 3.05) is 13.7 Å². The fraction of sp³-hybridized carbons (Fsp3) is 0.359. The minimum Gasteiger partial charge on any atom is -0.497 e. The van der Waals surface area contributed by atoms with Gasteiger partial charge in [0.2, 0.25) is 0 Å². The molecule has 0 aromatic heterocycles. The number of rotatable bonds is 12. The molecule has 5 nitrogen and oxygen atoms in total. The summed E-state index contributed by atoms with van der Waals surface area (Å²) in [6, 6.07) is 36.0. The van der Waals surface area contributed by atoms with E-state index in [-0.39, 0.29) is 18.0 Å². The number of hydrogen-bond acceptors (Lipinski definition) is 5. The predicted molar refractivity (Wildman–Crippen MR) is 178 cm³/mol. The van der Waals surface area contributed by atoms with Crippen LogP contribution in [0.4, 0.5) is 0 Å². The van der Waals surface area contributed by atoms with Gasteiger partial charge in [0.05, 0.1) is 39.1 Å². The van der Waals surface area contributed by atoms with Crippen LogP contribution in [0.15, 0.2) is 109 Å². The van der Waals surface area contributed by atoms with E-state index >= 15 is 0 Å². The highest BCUT2D eigenvalue weighted by Gasteiger charge is 2.35. The average molecular weight is 597 g/mol. The Bertz CT molecular complexity index is 1340. The van der Waals surface area contributed by atoms with Gasteiger partial charge in [-0.3, -0.25) is 4.79 Å². The third-order valence-electron chi connectivity index (χ3n) is 7.23. The van der Waals surface area contributed by atoms with E-state index in [1.807, 2.05) is 125 Å². The second-order valence-corrected chi connectivity index (χ2v) is 10.2. The van der Waals surface area contributed by atoms with Crippen molar-refractivity contribution in [2.24, 2.45) is 0 Å². The van der Waals surface area contributed by atoms with Crippen molar-refractivity contribution in [1.82, 2.24) is 0 Å². The van der Waals surface area contributed by atoms with E-state index in [4.69, 9.17) is 18.9 Å². The summed E-state index contributed by atoms with van der Waals surface area (Å²) in [6.45, 7) is 9.40. The normalized spacial score (nSPS) is 17.3. The third kappa shape index (κ3) is 10.7. The molecular formula is C39H48O5. The van der Waals surface area contributed by atoms with Crippen LogP contribution in [-0.4, -0.2) is 37.8 Å². The largest absolute Gasteiger partial charge is 0.497 e. The van der Waals surface area contributed by atoms with Gasteiger partial charge in [0, 0.05) is 18.4 Å². The fourth-order valence-electron chi connectivity index (χ4n) is 5.11. The van der Waals surface area contributed by atoms with Gasteiger partial charge in [-0.05, 0) is 40.8 Å². The van der Waals surface area contributed by atoms with E-state index in [0.29, 0.717) is 44.6 Å². The van der Waals surface area contributed by atoms with E-state index in [0.717, 1.165) is 28.0 Å². The van der Waals surface area contributed by atoms with Crippen LogP contribution >= 0.6 is 0 Å². The van der Waals surface area contributed by atoms with E-state index in [2.05, 4.69) is 12.1 Å². The van der Waals surface area contributed by atoms with E-state index in [1.54, 1.807) is 7.11 Å². The number of ketones is 1. The first kappa shape index (κ1) is 34.7. The molecule has 44 heavy (non-hydrogen) atoms. The van der Waals surface area contributed by atoms with Crippen molar-refractivity contribution in [3.8, 4) is 5.75 Å². The Morgan fingerprint density at radius 1 is 0.705 bits per heavy atom. The van der Waals surface area contributed by atoms with E-state index in [1.165, 1.54) is 0 Å². The van der Waals surface area contributed by atoms with Crippen LogP contribution < -0.4 is 4.74 Å². The Kier molecular flexibility index (Phi) is 15.4. The molecule has 2 unspecified atom stereocenters. The quantitative estimate of drug-likeness (QED) is 0.153. The van der Waals surface area contributed by atoms with Crippen molar-refractivity contribution in [1.29, 1.82) is 0 Å². The Labute approximate surface area is 264 Å². The molecule has 0 aliphatic carbocycles. The molecule has 4 aromatic carbocycles. The molecule has 0 radical (unpaired) electrons. The highest BCUT2D eigenvalue weighted by atomic mass is 16.5. The van der Waals surface area contributed by atoms with Crippen molar-refractivity contribution in [3.63, 3.8) is 0 Å². The topological polar surface area (TPSA) is 54.0 Å². The Morgan fingerprint density at radius 2 is 1.30 bits per heavy atom. The van der Waals surface area contributed by atoms with Gasteiger partial charge >= 0.3 is 0 Å². The van der Waals surface area contributed by atoms with Crippen LogP contribution in [0.1, 0.15) is 73.1 Å². The highest BCUT2D eigenvalue weighted by molar-refractivity contribution is 6.01. The summed E-state index contributed by atoms with van der Waals surface area (Å²) in [4.78, 5) is 13.9. The molecule has 1 fully saturated rings. The number of hydrogen-bond donors (Lipinski definition) is 0. The van der Waals surface area contributed by atoms with Crippen molar-refractivity contribution < 1.29 is 23.7 Å². The zero-order valence-corrected chi connectivity index (χ0v) is 26.9. The van der Waals surface area contributed by atoms with Crippen molar-refractivity contribution in [2.45, 2.75) is 78.5 Å². The lowest BCUT2D eigenvalue weighted by molar-refractivity contribution is -0.127. The molecule has 5 rings (SSSR count). The smallest absolute Gasteiger partial charge is 0.191 e. The van der Waals surface area contributed by atoms with Crippen LogP contribution in [0, 0.1) is 0 Å². The zero-order chi connectivity index (χ0) is 31.6. The Balaban J connectivity index is 0.00000127. The second kappa shape index (κ2) is 19.5. The van der Waals surface area contributed by atoms with Crippen LogP contribution in [0.5, 0.6) is 5.75 Å². The summed E-state index contributed by atoms with van der Waals surface area (Å²) < 4.78 is 24.0. The average Bonchev–Trinajstić information content (AvgIpc) is 3.10. The maximum absolute atomic E-state index is 13.9. The molecule has 5 heteroatoms. The summed E-state index contributed by atoms with van der Waals surface area (Å²) in [7, 11) is 1.66. The first-order valence-electron chi connectivity index (χ1n) is 15.9. The lowest BCUT2D eigenvalue weighted by Gasteiger charge is -2.35. The standard InChI is InChI=1S/C35H36O5.2C2H6/c1-37-30-18-16-26(17-19-30)20-29-14-8-9-15-33(29)35(36)34-22-31(39-24-28-12-6-3-7-13-28)21-32(40-34)25-38-23-27-10-4-2-5-11-27;2*1-2/h2-19,31-32,34H,20-25H2,1H3;2*1-2H3/t31?,32?,34-;;/m1../s1. The minimum absolute atomic E-state index is 0.00909. The van der Waals surface area contributed by atoms with E-state index < -0.39 is 6.10 Å². The maximum atomic E-state index is 13.9. The lowest BCUT2D eigenvalue weighted by Crippen LogP contribution is -2.43. The number of Topliss-reactive ketones (excluding diaryl/α,β-unsaturated/α-hetero) is 1. The molecule has 0 N–H and O–H groups in total. The van der Waals surface area contributed by atoms with Crippen LogP contribution in [0.2, 0.25) is 0 Å². The summed E-state index contributed by atoms with van der Waals surface area (Å²) in [6.07, 6.45) is 0.895. The molecule has 234 valence electrons. The molecule has 4 aromatic rings. The zero-order valence-electron chi connectivity index (χ0n) is 26.9. The number of carbonyl (C=O) groups is 1. The maximum Gasteiger partial charge on any atom is 0.191 e. The number of carbonyl (C=O) groups excluding carboxylic acids is 1. The third-order valence-corrected chi connectivity index (χ3v) is 7.23. The summed E-state index contributed by atoms with van der Waals surface area (Å²) in [5.74, 6) is 0.802. The summed E-state index contributed by atoms with van der Waals surface area (Å²) in [5, 5.41) is 0. The van der Waals surface area contributed by atoms with Crippen LogP contribution in [-0.2, 0) is 33.8 Å². The van der Waals surface area contributed by atoms with Crippen molar-refractivity contribution >= 4 is 5.78 Å².